The van der Waals surface area contributed by atoms with Crippen LogP contribution in [0.4, 0.5) is 6.01 Å². The first-order valence-corrected chi connectivity index (χ1v) is 6.54. The van der Waals surface area contributed by atoms with E-state index < -0.39 is 0 Å². The fraction of sp³-hybridized carbons (Fsp3) is 0.250. The number of hydrogen-bond acceptors (Lipinski definition) is 4. The Hall–Kier alpha value is -2.58. The van der Waals surface area contributed by atoms with E-state index in [4.69, 9.17) is 9.52 Å². The van der Waals surface area contributed by atoms with Crippen LogP contribution in [0.2, 0.25) is 0 Å². The van der Waals surface area contributed by atoms with Crippen molar-refractivity contribution in [3.63, 3.8) is 0 Å². The lowest BCUT2D eigenvalue weighted by molar-refractivity contribution is 0.102. The van der Waals surface area contributed by atoms with Gasteiger partial charge in [-0.3, -0.25) is 10.1 Å². The Morgan fingerprint density at radius 2 is 2.24 bits per heavy atom. The van der Waals surface area contributed by atoms with Gasteiger partial charge in [-0.1, -0.05) is 23.5 Å². The average Bonchev–Trinajstić information content (AvgIpc) is 2.86. The fourth-order valence-corrected chi connectivity index (χ4v) is 1.74. The summed E-state index contributed by atoms with van der Waals surface area (Å²) < 4.78 is 5.11. The van der Waals surface area contributed by atoms with Crippen LogP contribution in [0, 0.1) is 25.7 Å². The summed E-state index contributed by atoms with van der Waals surface area (Å²) in [7, 11) is 0. The summed E-state index contributed by atoms with van der Waals surface area (Å²) in [5.74, 6) is 5.38. The molecule has 5 heteroatoms. The molecule has 0 saturated heterocycles. The molecule has 2 aromatic rings. The van der Waals surface area contributed by atoms with Crippen LogP contribution >= 0.6 is 0 Å². The molecule has 0 spiro atoms. The lowest BCUT2D eigenvalue weighted by Gasteiger charge is -2.05. The van der Waals surface area contributed by atoms with Gasteiger partial charge in [-0.05, 0) is 26.0 Å². The van der Waals surface area contributed by atoms with Crippen molar-refractivity contribution in [1.82, 2.24) is 4.98 Å². The fourth-order valence-electron chi connectivity index (χ4n) is 1.74. The first-order chi connectivity index (χ1) is 10.1. The second kappa shape index (κ2) is 6.73. The summed E-state index contributed by atoms with van der Waals surface area (Å²) in [5, 5.41) is 11.4. The zero-order valence-corrected chi connectivity index (χ0v) is 11.9. The first-order valence-electron chi connectivity index (χ1n) is 6.54. The van der Waals surface area contributed by atoms with E-state index in [9.17, 15) is 4.79 Å². The molecule has 0 radical (unpaired) electrons. The van der Waals surface area contributed by atoms with Crippen molar-refractivity contribution in [2.75, 3.05) is 11.9 Å². The van der Waals surface area contributed by atoms with Crippen LogP contribution in [0.1, 0.15) is 33.6 Å². The van der Waals surface area contributed by atoms with E-state index in [1.165, 1.54) is 6.26 Å². The summed E-state index contributed by atoms with van der Waals surface area (Å²) in [6, 6.07) is 5.59. The number of carbonyl (C=O) groups is 1. The summed E-state index contributed by atoms with van der Waals surface area (Å²) in [4.78, 5) is 16.3. The van der Waals surface area contributed by atoms with Gasteiger partial charge in [0.15, 0.2) is 0 Å². The third-order valence-electron chi connectivity index (χ3n) is 2.72. The molecule has 1 aromatic heterocycles. The van der Waals surface area contributed by atoms with Crippen molar-refractivity contribution in [3.8, 4) is 11.8 Å². The van der Waals surface area contributed by atoms with Gasteiger partial charge in [0.1, 0.15) is 6.26 Å². The van der Waals surface area contributed by atoms with Crippen LogP contribution in [0.5, 0.6) is 0 Å². The van der Waals surface area contributed by atoms with Gasteiger partial charge < -0.3 is 9.52 Å². The number of hydrogen-bond donors (Lipinski definition) is 2. The molecule has 5 nitrogen and oxygen atoms in total. The zero-order chi connectivity index (χ0) is 15.2. The Labute approximate surface area is 123 Å². The predicted octanol–water partition coefficient (Wildman–Crippen LogP) is 2.28. The molecule has 21 heavy (non-hydrogen) atoms. The van der Waals surface area contributed by atoms with E-state index in [0.29, 0.717) is 23.2 Å². The molecular weight excluding hydrogens is 268 g/mol. The van der Waals surface area contributed by atoms with Crippen LogP contribution in [0.3, 0.4) is 0 Å². The number of anilines is 1. The van der Waals surface area contributed by atoms with E-state index >= 15 is 0 Å². The minimum atomic E-state index is -0.325. The number of aryl methyl sites for hydroxylation is 2. The standard InChI is InChI=1S/C16H16N2O3/c1-11-6-7-13(5-3-4-8-19)14(9-11)15(20)18-16-17-12(2)10-21-16/h6-7,9-10,19H,4,8H2,1-2H3,(H,17,18,20). The highest BCUT2D eigenvalue weighted by Crippen LogP contribution is 2.14. The Morgan fingerprint density at radius 1 is 1.43 bits per heavy atom. The number of nitrogens with zero attached hydrogens (tertiary/aromatic N) is 1. The van der Waals surface area contributed by atoms with Crippen LogP contribution in [0.25, 0.3) is 0 Å². The number of aromatic nitrogens is 1. The maximum atomic E-state index is 12.3. The van der Waals surface area contributed by atoms with Crippen molar-refractivity contribution in [1.29, 1.82) is 0 Å². The largest absolute Gasteiger partial charge is 0.432 e. The molecule has 1 amide bonds. The number of aliphatic hydroxyl groups is 1. The van der Waals surface area contributed by atoms with E-state index in [2.05, 4.69) is 22.1 Å². The van der Waals surface area contributed by atoms with Gasteiger partial charge >= 0.3 is 6.01 Å². The molecule has 0 fully saturated rings. The van der Waals surface area contributed by atoms with Gasteiger partial charge in [0.05, 0.1) is 17.9 Å². The summed E-state index contributed by atoms with van der Waals surface area (Å²) in [6.07, 6.45) is 1.84. The molecule has 1 aromatic carbocycles. The lowest BCUT2D eigenvalue weighted by atomic mass is 10.0. The minimum absolute atomic E-state index is 0.00398. The topological polar surface area (TPSA) is 75.4 Å². The number of oxazole rings is 1. The van der Waals surface area contributed by atoms with E-state index in [1.54, 1.807) is 19.1 Å². The number of carbonyl (C=O) groups excluding carboxylic acids is 1. The molecule has 2 N–H and O–H groups in total. The van der Waals surface area contributed by atoms with Gasteiger partial charge in [-0.15, -0.1) is 0 Å². The van der Waals surface area contributed by atoms with Crippen LogP contribution in [-0.2, 0) is 0 Å². The Morgan fingerprint density at radius 3 is 2.90 bits per heavy atom. The van der Waals surface area contributed by atoms with Crippen LogP contribution in [0.15, 0.2) is 28.9 Å². The molecule has 0 saturated carbocycles. The van der Waals surface area contributed by atoms with Crippen molar-refractivity contribution >= 4 is 11.9 Å². The molecule has 0 aliphatic rings. The minimum Gasteiger partial charge on any atom is -0.432 e. The third-order valence-corrected chi connectivity index (χ3v) is 2.72. The molecule has 0 unspecified atom stereocenters. The normalized spacial score (nSPS) is 9.86. The Balaban J connectivity index is 2.26. The number of rotatable bonds is 3. The number of aliphatic hydroxyl groups excluding tert-OH is 1. The molecule has 108 valence electrons. The van der Waals surface area contributed by atoms with Gasteiger partial charge in [0, 0.05) is 12.0 Å². The highest BCUT2D eigenvalue weighted by Gasteiger charge is 2.13. The lowest BCUT2D eigenvalue weighted by Crippen LogP contribution is -2.14. The third kappa shape index (κ3) is 3.94. The highest BCUT2D eigenvalue weighted by atomic mass is 16.4. The molecule has 0 bridgehead atoms. The van der Waals surface area contributed by atoms with E-state index in [1.807, 2.05) is 13.0 Å². The van der Waals surface area contributed by atoms with Crippen molar-refractivity contribution in [3.05, 3.63) is 46.8 Å². The van der Waals surface area contributed by atoms with Crippen molar-refractivity contribution in [2.24, 2.45) is 0 Å². The van der Waals surface area contributed by atoms with Crippen molar-refractivity contribution < 1.29 is 14.3 Å². The van der Waals surface area contributed by atoms with E-state index in [-0.39, 0.29) is 18.5 Å². The average molecular weight is 284 g/mol. The predicted molar refractivity (Wildman–Crippen MR) is 79.0 cm³/mol. The first kappa shape index (κ1) is 14.8. The summed E-state index contributed by atoms with van der Waals surface area (Å²) in [5.41, 5.74) is 2.71. The van der Waals surface area contributed by atoms with E-state index in [0.717, 1.165) is 5.56 Å². The smallest absolute Gasteiger partial charge is 0.301 e. The van der Waals surface area contributed by atoms with Crippen LogP contribution < -0.4 is 5.32 Å². The Bertz CT molecular complexity index is 708. The summed E-state index contributed by atoms with van der Waals surface area (Å²) >= 11 is 0. The van der Waals surface area contributed by atoms with Crippen LogP contribution in [-0.4, -0.2) is 22.6 Å². The molecule has 0 atom stereocenters. The zero-order valence-electron chi connectivity index (χ0n) is 11.9. The van der Waals surface area contributed by atoms with Gasteiger partial charge in [0.25, 0.3) is 5.91 Å². The Kier molecular flexibility index (Phi) is 4.75. The second-order valence-corrected chi connectivity index (χ2v) is 4.57. The maximum Gasteiger partial charge on any atom is 0.301 e. The quantitative estimate of drug-likeness (QED) is 0.848. The second-order valence-electron chi connectivity index (χ2n) is 4.57. The maximum absolute atomic E-state index is 12.3. The molecule has 1 heterocycles. The van der Waals surface area contributed by atoms with Crippen molar-refractivity contribution in [2.45, 2.75) is 20.3 Å². The van der Waals surface area contributed by atoms with Gasteiger partial charge in [0.2, 0.25) is 0 Å². The molecule has 0 aliphatic carbocycles. The highest BCUT2D eigenvalue weighted by molar-refractivity contribution is 6.05. The number of nitrogens with one attached hydrogen (secondary N) is 1. The number of amides is 1. The van der Waals surface area contributed by atoms with Gasteiger partial charge in [-0.25, -0.2) is 0 Å². The monoisotopic (exact) mass is 284 g/mol. The van der Waals surface area contributed by atoms with Gasteiger partial charge in [-0.2, -0.15) is 4.98 Å². The summed E-state index contributed by atoms with van der Waals surface area (Å²) in [6.45, 7) is 3.67. The number of benzene rings is 1. The molecular formula is C16H16N2O3. The molecule has 2 rings (SSSR count). The SMILES string of the molecule is Cc1ccc(C#CCCO)c(C(=O)Nc2nc(C)co2)c1. The molecule has 0 aliphatic heterocycles.